The Morgan fingerprint density at radius 2 is 1.17 bits per heavy atom. The minimum absolute atomic E-state index is 0. The van der Waals surface area contributed by atoms with Crippen molar-refractivity contribution in [3.8, 4) is 0 Å². The first-order valence-corrected chi connectivity index (χ1v) is 19.1. The van der Waals surface area contributed by atoms with E-state index in [9.17, 15) is 9.59 Å². The lowest BCUT2D eigenvalue weighted by Gasteiger charge is -2.25. The Hall–Kier alpha value is -0.180. The third kappa shape index (κ3) is 8.67. The Bertz CT molecular complexity index is 1000. The molecule has 2 aromatic rings. The molecule has 4 rings (SSSR count). The van der Waals surface area contributed by atoms with Crippen LogP contribution in [0, 0.1) is 22.2 Å². The summed E-state index contributed by atoms with van der Waals surface area (Å²) in [6, 6.07) is 15.6. The van der Waals surface area contributed by atoms with Crippen LogP contribution in [0.1, 0.15) is 78.9 Å². The van der Waals surface area contributed by atoms with Crippen LogP contribution in [0.15, 0.2) is 48.5 Å². The van der Waals surface area contributed by atoms with Crippen molar-refractivity contribution in [2.45, 2.75) is 80.6 Å². The highest BCUT2D eigenvalue weighted by Crippen LogP contribution is 2.47. The third-order valence-electron chi connectivity index (χ3n) is 7.65. The van der Waals surface area contributed by atoms with Crippen LogP contribution in [-0.2, 0) is 22.4 Å². The standard InChI is InChI=1S/C15H19ClO.C14H17ClO.CH4.I2/c1-14(2)8-9-15(3,13(14)17)10-11-4-6-12(16)7-5-11;1-10-7-8-14(2,13(10)16)9-11-3-5-12(15)6-4-11;;1-2/h4-7H,8-10H2,1-3H3;3-6,10H,7-9H2,1-2H3;1H4;. The van der Waals surface area contributed by atoms with Crippen LogP contribution in [0.25, 0.3) is 0 Å². The molecule has 2 fully saturated rings. The number of Topliss-reactive ketones (excluding diaryl/α,β-unsaturated/α-hetero) is 2. The van der Waals surface area contributed by atoms with Gasteiger partial charge >= 0.3 is 0 Å². The fraction of sp³-hybridized carbons (Fsp3) is 0.533. The largest absolute Gasteiger partial charge is 0.299 e. The summed E-state index contributed by atoms with van der Waals surface area (Å²) in [5.41, 5.74) is 1.89. The van der Waals surface area contributed by atoms with Crippen molar-refractivity contribution >= 4 is 72.0 Å². The van der Waals surface area contributed by atoms with E-state index in [1.54, 1.807) is 0 Å². The number of halogens is 4. The molecule has 2 aromatic carbocycles. The topological polar surface area (TPSA) is 34.1 Å². The number of carbonyl (C=O) groups is 2. The lowest BCUT2D eigenvalue weighted by Crippen LogP contribution is -2.31. The predicted octanol–water partition coefficient (Wildman–Crippen LogP) is 10.6. The van der Waals surface area contributed by atoms with E-state index >= 15 is 0 Å². The summed E-state index contributed by atoms with van der Waals surface area (Å²) in [5, 5.41) is 1.50. The van der Waals surface area contributed by atoms with E-state index < -0.39 is 0 Å². The molecular formula is C30H40Cl2I2O2. The summed E-state index contributed by atoms with van der Waals surface area (Å²) >= 11 is 16.0. The summed E-state index contributed by atoms with van der Waals surface area (Å²) in [5.74, 6) is 1.06. The molecule has 0 aromatic heterocycles. The molecule has 0 amide bonds. The summed E-state index contributed by atoms with van der Waals surface area (Å²) in [4.78, 5) is 24.5. The molecular weight excluding hydrogens is 717 g/mol. The Morgan fingerprint density at radius 3 is 1.50 bits per heavy atom. The van der Waals surface area contributed by atoms with Gasteiger partial charge in [-0.3, -0.25) is 9.59 Å². The van der Waals surface area contributed by atoms with E-state index in [-0.39, 0.29) is 29.6 Å². The molecule has 36 heavy (non-hydrogen) atoms. The molecule has 6 heteroatoms. The lowest BCUT2D eigenvalue weighted by molar-refractivity contribution is -0.131. The lowest BCUT2D eigenvalue weighted by atomic mass is 9.77. The van der Waals surface area contributed by atoms with Crippen LogP contribution in [0.2, 0.25) is 10.0 Å². The van der Waals surface area contributed by atoms with Gasteiger partial charge in [-0.25, -0.2) is 0 Å². The molecule has 0 aliphatic heterocycles. The Morgan fingerprint density at radius 1 is 0.750 bits per heavy atom. The molecule has 3 atom stereocenters. The molecule has 0 saturated heterocycles. The highest BCUT2D eigenvalue weighted by atomic mass is 128. The number of benzene rings is 2. The van der Waals surface area contributed by atoms with Crippen LogP contribution in [0.3, 0.4) is 0 Å². The quantitative estimate of drug-likeness (QED) is 0.291. The van der Waals surface area contributed by atoms with Crippen molar-refractivity contribution in [3.63, 3.8) is 0 Å². The van der Waals surface area contributed by atoms with Gasteiger partial charge in [0.2, 0.25) is 0 Å². The SMILES string of the molecule is C.CC1(C)CCC(C)(Cc2ccc(Cl)cc2)C1=O.CC1CCC(C)(Cc2ccc(Cl)cc2)C1=O.II. The van der Waals surface area contributed by atoms with E-state index in [0.717, 1.165) is 48.6 Å². The van der Waals surface area contributed by atoms with E-state index in [1.807, 2.05) is 55.5 Å². The fourth-order valence-corrected chi connectivity index (χ4v) is 5.72. The van der Waals surface area contributed by atoms with Crippen molar-refractivity contribution in [2.75, 3.05) is 0 Å². The van der Waals surface area contributed by atoms with Gasteiger partial charge in [0.25, 0.3) is 0 Å². The summed E-state index contributed by atoms with van der Waals surface area (Å²) in [6.45, 7) is 10.3. The van der Waals surface area contributed by atoms with Crippen molar-refractivity contribution in [3.05, 3.63) is 69.7 Å². The Labute approximate surface area is 252 Å². The number of hydrogen-bond donors (Lipinski definition) is 0. The van der Waals surface area contributed by atoms with Crippen molar-refractivity contribution in [1.82, 2.24) is 0 Å². The smallest absolute Gasteiger partial charge is 0.144 e. The number of rotatable bonds is 4. The Balaban J connectivity index is 0.000000329. The van der Waals surface area contributed by atoms with E-state index in [2.05, 4.69) is 64.9 Å². The van der Waals surface area contributed by atoms with Gasteiger partial charge in [0.05, 0.1) is 0 Å². The minimum Gasteiger partial charge on any atom is -0.299 e. The number of ketones is 2. The highest BCUT2D eigenvalue weighted by Gasteiger charge is 2.48. The first kappa shape index (κ1) is 33.8. The van der Waals surface area contributed by atoms with Crippen molar-refractivity contribution < 1.29 is 9.59 Å². The van der Waals surface area contributed by atoms with Crippen LogP contribution >= 0.6 is 60.4 Å². The van der Waals surface area contributed by atoms with Crippen molar-refractivity contribution in [1.29, 1.82) is 0 Å². The molecule has 200 valence electrons. The average molecular weight is 757 g/mol. The van der Waals surface area contributed by atoms with Gasteiger partial charge in [-0.2, -0.15) is 0 Å². The monoisotopic (exact) mass is 756 g/mol. The molecule has 0 spiro atoms. The molecule has 0 heterocycles. The second kappa shape index (κ2) is 14.3. The highest BCUT2D eigenvalue weighted by molar-refractivity contribution is 15.0. The molecule has 2 nitrogen and oxygen atoms in total. The van der Waals surface area contributed by atoms with Crippen LogP contribution in [0.5, 0.6) is 0 Å². The maximum Gasteiger partial charge on any atom is 0.144 e. The number of carbonyl (C=O) groups excluding carboxylic acids is 2. The normalized spacial score (nSPS) is 26.3. The first-order chi connectivity index (χ1) is 16.3. The predicted molar refractivity (Wildman–Crippen MR) is 173 cm³/mol. The van der Waals surface area contributed by atoms with E-state index in [0.29, 0.717) is 11.6 Å². The van der Waals surface area contributed by atoms with Crippen molar-refractivity contribution in [2.24, 2.45) is 22.2 Å². The van der Waals surface area contributed by atoms with Gasteiger partial charge < -0.3 is 0 Å². The van der Waals surface area contributed by atoms with Gasteiger partial charge in [0.15, 0.2) is 0 Å². The molecule has 0 N–H and O–H groups in total. The molecule has 0 bridgehead atoms. The van der Waals surface area contributed by atoms with Gasteiger partial charge in [-0.15, -0.1) is 0 Å². The van der Waals surface area contributed by atoms with E-state index in [1.165, 1.54) is 11.1 Å². The van der Waals surface area contributed by atoms with Crippen LogP contribution in [0.4, 0.5) is 0 Å². The summed E-state index contributed by atoms with van der Waals surface area (Å²) in [6.07, 6.45) is 5.69. The second-order valence-electron chi connectivity index (χ2n) is 11.2. The van der Waals surface area contributed by atoms with Gasteiger partial charge in [-0.1, -0.05) is 89.5 Å². The maximum absolute atomic E-state index is 12.4. The molecule has 2 aliphatic carbocycles. The van der Waals surface area contributed by atoms with Gasteiger partial charge in [0.1, 0.15) is 11.6 Å². The van der Waals surface area contributed by atoms with Gasteiger partial charge in [-0.05, 0) is 73.9 Å². The van der Waals surface area contributed by atoms with E-state index in [4.69, 9.17) is 23.2 Å². The maximum atomic E-state index is 12.4. The third-order valence-corrected chi connectivity index (χ3v) is 8.16. The fourth-order valence-electron chi connectivity index (χ4n) is 5.47. The molecule has 2 aliphatic rings. The van der Waals surface area contributed by atoms with Crippen LogP contribution < -0.4 is 0 Å². The zero-order chi connectivity index (χ0) is 26.4. The summed E-state index contributed by atoms with van der Waals surface area (Å²) < 4.78 is 0. The molecule has 3 unspecified atom stereocenters. The first-order valence-electron chi connectivity index (χ1n) is 12.1. The van der Waals surface area contributed by atoms with Gasteiger partial charge in [0, 0.05) is 69.4 Å². The number of hydrogen-bond acceptors (Lipinski definition) is 2. The average Bonchev–Trinajstić information content (AvgIpc) is 3.20. The summed E-state index contributed by atoms with van der Waals surface area (Å²) in [7, 11) is 0. The van der Waals surface area contributed by atoms with Crippen LogP contribution in [-0.4, -0.2) is 11.6 Å². The zero-order valence-electron chi connectivity index (χ0n) is 21.3. The minimum atomic E-state index is -0.197. The zero-order valence-corrected chi connectivity index (χ0v) is 27.1. The molecule has 2 saturated carbocycles. The molecule has 0 radical (unpaired) electrons. The second-order valence-corrected chi connectivity index (χ2v) is 12.1. The Kier molecular flexibility index (Phi) is 13.4.